The lowest BCUT2D eigenvalue weighted by atomic mass is 10.1. The molecule has 0 spiro atoms. The van der Waals surface area contributed by atoms with Crippen molar-refractivity contribution in [2.75, 3.05) is 6.54 Å². The van der Waals surface area contributed by atoms with Gasteiger partial charge in [-0.15, -0.1) is 0 Å². The van der Waals surface area contributed by atoms with Crippen molar-refractivity contribution >= 4 is 35.3 Å². The van der Waals surface area contributed by atoms with E-state index in [0.717, 1.165) is 11.3 Å². The highest BCUT2D eigenvalue weighted by molar-refractivity contribution is 6.36. The maximum absolute atomic E-state index is 8.81. The van der Waals surface area contributed by atoms with E-state index in [0.29, 0.717) is 28.6 Å². The summed E-state index contributed by atoms with van der Waals surface area (Å²) in [5.74, 6) is 0. The van der Waals surface area contributed by atoms with Gasteiger partial charge in [-0.05, 0) is 17.7 Å². The summed E-state index contributed by atoms with van der Waals surface area (Å²) < 4.78 is 0. The molecular formula is C11H7Cl2N3. The Hall–Kier alpha value is -1.37. The molecule has 0 amide bonds. The average Bonchev–Trinajstić information content (AvgIpc) is 2.70. The van der Waals surface area contributed by atoms with Crippen molar-refractivity contribution in [1.29, 1.82) is 5.26 Å². The Bertz CT molecular complexity index is 504. The van der Waals surface area contributed by atoms with Crippen LogP contribution in [0.25, 0.3) is 0 Å². The van der Waals surface area contributed by atoms with Crippen molar-refractivity contribution in [1.82, 2.24) is 0 Å². The molecule has 0 aliphatic carbocycles. The molecule has 0 atom stereocenters. The van der Waals surface area contributed by atoms with E-state index in [1.165, 1.54) is 0 Å². The first-order valence-electron chi connectivity index (χ1n) is 4.62. The van der Waals surface area contributed by atoms with Crippen molar-refractivity contribution < 1.29 is 0 Å². The molecule has 2 rings (SSSR count). The zero-order chi connectivity index (χ0) is 11.5. The maximum atomic E-state index is 8.81. The highest BCUT2D eigenvalue weighted by Crippen LogP contribution is 2.26. The Morgan fingerprint density at radius 1 is 1.31 bits per heavy atom. The molecule has 0 N–H and O–H groups in total. The lowest BCUT2D eigenvalue weighted by Crippen LogP contribution is -2.04. The minimum Gasteiger partial charge on any atom is -0.267 e. The number of nitrogens with zero attached hydrogens (tertiary/aromatic N) is 3. The monoisotopic (exact) mass is 251 g/mol. The standard InChI is InChI=1S/C11H7Cl2N3/c12-10-2-7(1-8-5-15-6-16-8)3-11(13)9(10)4-14/h2-3,6H,1,5H2. The normalized spacial score (nSPS) is 13.7. The van der Waals surface area contributed by atoms with Gasteiger partial charge >= 0.3 is 0 Å². The second-order valence-corrected chi connectivity index (χ2v) is 4.19. The van der Waals surface area contributed by atoms with Gasteiger partial charge in [0.25, 0.3) is 0 Å². The number of halogens is 2. The van der Waals surface area contributed by atoms with E-state index in [9.17, 15) is 0 Å². The highest BCUT2D eigenvalue weighted by Gasteiger charge is 2.10. The van der Waals surface area contributed by atoms with E-state index in [-0.39, 0.29) is 0 Å². The van der Waals surface area contributed by atoms with Gasteiger partial charge in [0.1, 0.15) is 12.4 Å². The molecular weight excluding hydrogens is 245 g/mol. The van der Waals surface area contributed by atoms with Crippen molar-refractivity contribution in [3.8, 4) is 6.07 Å². The van der Waals surface area contributed by atoms with Crippen LogP contribution in [0, 0.1) is 11.3 Å². The number of nitriles is 1. The summed E-state index contributed by atoms with van der Waals surface area (Å²) >= 11 is 11.9. The Balaban J connectivity index is 2.27. The largest absolute Gasteiger partial charge is 0.267 e. The third-order valence-corrected chi connectivity index (χ3v) is 2.81. The first kappa shape index (κ1) is 11.1. The fourth-order valence-electron chi connectivity index (χ4n) is 1.48. The van der Waals surface area contributed by atoms with Crippen LogP contribution in [-0.2, 0) is 6.42 Å². The second-order valence-electron chi connectivity index (χ2n) is 3.37. The molecule has 1 aromatic carbocycles. The molecule has 0 aromatic heterocycles. The van der Waals surface area contributed by atoms with Gasteiger partial charge in [-0.2, -0.15) is 5.26 Å². The van der Waals surface area contributed by atoms with E-state index >= 15 is 0 Å². The first-order valence-corrected chi connectivity index (χ1v) is 5.38. The van der Waals surface area contributed by atoms with Gasteiger partial charge in [0.2, 0.25) is 0 Å². The van der Waals surface area contributed by atoms with E-state index in [2.05, 4.69) is 9.98 Å². The Morgan fingerprint density at radius 2 is 2.00 bits per heavy atom. The lowest BCUT2D eigenvalue weighted by molar-refractivity contribution is 1.24. The highest BCUT2D eigenvalue weighted by atomic mass is 35.5. The number of hydrogen-bond donors (Lipinski definition) is 0. The van der Waals surface area contributed by atoms with Crippen LogP contribution in [0.4, 0.5) is 0 Å². The molecule has 0 saturated heterocycles. The zero-order valence-electron chi connectivity index (χ0n) is 8.24. The lowest BCUT2D eigenvalue weighted by Gasteiger charge is -2.04. The van der Waals surface area contributed by atoms with Gasteiger partial charge in [-0.1, -0.05) is 23.2 Å². The molecule has 1 aliphatic rings. The van der Waals surface area contributed by atoms with E-state index < -0.39 is 0 Å². The molecule has 0 saturated carbocycles. The third-order valence-electron chi connectivity index (χ3n) is 2.22. The SMILES string of the molecule is N#Cc1c(Cl)cc(CC2=NC=NC2)cc1Cl. The second kappa shape index (κ2) is 4.65. The van der Waals surface area contributed by atoms with Crippen LogP contribution in [0.2, 0.25) is 10.0 Å². The minimum absolute atomic E-state index is 0.316. The maximum Gasteiger partial charge on any atom is 0.110 e. The van der Waals surface area contributed by atoms with Crippen LogP contribution in [0.1, 0.15) is 11.1 Å². The molecule has 1 heterocycles. The predicted molar refractivity (Wildman–Crippen MR) is 65.7 cm³/mol. The predicted octanol–water partition coefficient (Wildman–Crippen LogP) is 2.89. The fraction of sp³-hybridized carbons (Fsp3) is 0.182. The van der Waals surface area contributed by atoms with Gasteiger partial charge in [0, 0.05) is 12.1 Å². The van der Waals surface area contributed by atoms with Crippen LogP contribution in [-0.4, -0.2) is 18.6 Å². The van der Waals surface area contributed by atoms with Crippen LogP contribution in [0.15, 0.2) is 22.1 Å². The van der Waals surface area contributed by atoms with Crippen molar-refractivity contribution in [2.45, 2.75) is 6.42 Å². The first-order chi connectivity index (χ1) is 7.70. The fourth-order valence-corrected chi connectivity index (χ4v) is 2.10. The van der Waals surface area contributed by atoms with Crippen LogP contribution in [0.5, 0.6) is 0 Å². The number of hydrogen-bond acceptors (Lipinski definition) is 3. The molecule has 0 radical (unpaired) electrons. The van der Waals surface area contributed by atoms with Crippen molar-refractivity contribution in [2.24, 2.45) is 9.98 Å². The summed E-state index contributed by atoms with van der Waals surface area (Å²) in [7, 11) is 0. The molecule has 16 heavy (non-hydrogen) atoms. The van der Waals surface area contributed by atoms with Gasteiger partial charge in [0.05, 0.1) is 22.2 Å². The van der Waals surface area contributed by atoms with Gasteiger partial charge < -0.3 is 0 Å². The molecule has 0 bridgehead atoms. The summed E-state index contributed by atoms with van der Waals surface area (Å²) in [4.78, 5) is 8.10. The molecule has 0 unspecified atom stereocenters. The van der Waals surface area contributed by atoms with Crippen LogP contribution in [0.3, 0.4) is 0 Å². The summed E-state index contributed by atoms with van der Waals surface area (Å²) in [5, 5.41) is 9.57. The number of aliphatic imine (C=N–C) groups is 2. The third kappa shape index (κ3) is 2.24. The van der Waals surface area contributed by atoms with Gasteiger partial charge in [-0.25, -0.2) is 4.99 Å². The summed E-state index contributed by atoms with van der Waals surface area (Å²) in [5.41, 5.74) is 2.23. The molecule has 3 nitrogen and oxygen atoms in total. The molecule has 80 valence electrons. The van der Waals surface area contributed by atoms with E-state index in [1.54, 1.807) is 18.5 Å². The number of rotatable bonds is 2. The van der Waals surface area contributed by atoms with E-state index in [4.69, 9.17) is 28.5 Å². The Morgan fingerprint density at radius 3 is 2.50 bits per heavy atom. The van der Waals surface area contributed by atoms with Crippen molar-refractivity contribution in [3.63, 3.8) is 0 Å². The molecule has 0 fully saturated rings. The quantitative estimate of drug-likeness (QED) is 0.798. The van der Waals surface area contributed by atoms with Crippen molar-refractivity contribution in [3.05, 3.63) is 33.3 Å². The molecule has 5 heteroatoms. The molecule has 1 aromatic rings. The summed E-state index contributed by atoms with van der Waals surface area (Å²) in [6.45, 7) is 0.620. The summed E-state index contributed by atoms with van der Waals surface area (Å²) in [6, 6.07) is 5.45. The Kier molecular flexibility index (Phi) is 3.23. The average molecular weight is 252 g/mol. The Labute approximate surface area is 103 Å². The molecule has 1 aliphatic heterocycles. The van der Waals surface area contributed by atoms with Gasteiger partial charge in [-0.3, -0.25) is 4.99 Å². The van der Waals surface area contributed by atoms with Crippen LogP contribution < -0.4 is 0 Å². The zero-order valence-corrected chi connectivity index (χ0v) is 9.76. The van der Waals surface area contributed by atoms with E-state index in [1.807, 2.05) is 6.07 Å². The summed E-state index contributed by atoms with van der Waals surface area (Å²) in [6.07, 6.45) is 2.20. The smallest absolute Gasteiger partial charge is 0.110 e. The topological polar surface area (TPSA) is 48.5 Å². The minimum atomic E-state index is 0.316. The number of benzene rings is 1. The van der Waals surface area contributed by atoms with Gasteiger partial charge in [0.15, 0.2) is 0 Å². The van der Waals surface area contributed by atoms with Crippen LogP contribution >= 0.6 is 23.2 Å².